The zero-order valence-electron chi connectivity index (χ0n) is 27.7. The number of hydrogen-bond acceptors (Lipinski definition) is 7. The number of aliphatic hydroxyl groups is 3. The Morgan fingerprint density at radius 1 is 1.07 bits per heavy atom. The Hall–Kier alpha value is -2.56. The molecule has 0 aromatic rings. The second-order valence-electron chi connectivity index (χ2n) is 15.9. The van der Waals surface area contributed by atoms with Crippen LogP contribution in [0.4, 0.5) is 0 Å². The summed E-state index contributed by atoms with van der Waals surface area (Å²) in [6.45, 7) is 11.6. The van der Waals surface area contributed by atoms with Gasteiger partial charge < -0.3 is 31.9 Å². The molecular formula is C35H53N3O7. The number of guanidine groups is 1. The van der Waals surface area contributed by atoms with E-state index in [0.717, 1.165) is 12.8 Å². The van der Waals surface area contributed by atoms with Gasteiger partial charge in [-0.2, -0.15) is 0 Å². The summed E-state index contributed by atoms with van der Waals surface area (Å²) in [5, 5.41) is 45.2. The van der Waals surface area contributed by atoms with Gasteiger partial charge in [0.25, 0.3) is 0 Å². The van der Waals surface area contributed by atoms with Crippen LogP contribution in [-0.2, 0) is 14.4 Å². The van der Waals surface area contributed by atoms with E-state index in [2.05, 4.69) is 18.8 Å². The minimum Gasteiger partial charge on any atom is -0.478 e. The number of carboxylic acids is 1. The van der Waals surface area contributed by atoms with Gasteiger partial charge in [0, 0.05) is 52.2 Å². The molecule has 45 heavy (non-hydrogen) atoms. The monoisotopic (exact) mass is 627 g/mol. The van der Waals surface area contributed by atoms with Crippen molar-refractivity contribution in [3.8, 4) is 0 Å². The number of ketones is 2. The minimum absolute atomic E-state index is 0.00748. The molecule has 0 aliphatic heterocycles. The summed E-state index contributed by atoms with van der Waals surface area (Å²) in [6.07, 6.45) is 2.86. The number of hydrogen-bond donors (Lipinski definition) is 6. The van der Waals surface area contributed by atoms with Gasteiger partial charge in [0.1, 0.15) is 5.78 Å². The summed E-state index contributed by atoms with van der Waals surface area (Å²) >= 11 is 0. The first kappa shape index (κ1) is 33.8. The Morgan fingerprint density at radius 3 is 2.33 bits per heavy atom. The van der Waals surface area contributed by atoms with Crippen molar-refractivity contribution in [3.63, 3.8) is 0 Å². The summed E-state index contributed by atoms with van der Waals surface area (Å²) in [5.74, 6) is -2.75. The lowest BCUT2D eigenvalue weighted by molar-refractivity contribution is -0.153. The average molecular weight is 628 g/mol. The first-order valence-electron chi connectivity index (χ1n) is 16.7. The third-order valence-corrected chi connectivity index (χ3v) is 13.8. The van der Waals surface area contributed by atoms with E-state index in [-0.39, 0.29) is 47.4 Å². The van der Waals surface area contributed by atoms with Gasteiger partial charge >= 0.3 is 5.97 Å². The molecule has 11 unspecified atom stereocenters. The molecule has 5 aliphatic rings. The predicted octanol–water partition coefficient (Wildman–Crippen LogP) is 3.12. The second-order valence-corrected chi connectivity index (χ2v) is 15.9. The molecule has 5 rings (SSSR count). The number of Topliss-reactive ketones (excluding diaryl/α,β-unsaturated/α-hetero) is 2. The molecular weight excluding hydrogens is 574 g/mol. The number of carboxylic acid groups (broad SMARTS) is 1. The molecule has 0 aromatic heterocycles. The summed E-state index contributed by atoms with van der Waals surface area (Å²) in [5.41, 5.74) is 9.76. The Labute approximate surface area is 266 Å². The molecule has 0 saturated heterocycles. The third kappa shape index (κ3) is 4.75. The van der Waals surface area contributed by atoms with Gasteiger partial charge in [0.05, 0.1) is 18.3 Å². The van der Waals surface area contributed by atoms with E-state index in [0.29, 0.717) is 49.7 Å². The smallest absolute Gasteiger partial charge is 0.331 e. The Bertz CT molecular complexity index is 1360. The van der Waals surface area contributed by atoms with Crippen LogP contribution in [0.25, 0.3) is 0 Å². The third-order valence-electron chi connectivity index (χ3n) is 13.8. The zero-order valence-corrected chi connectivity index (χ0v) is 27.7. The molecule has 0 amide bonds. The topological polar surface area (TPSA) is 197 Å². The normalized spacial score (nSPS) is 42.5. The first-order valence-corrected chi connectivity index (χ1v) is 16.7. The molecule has 3 fully saturated rings. The van der Waals surface area contributed by atoms with Crippen molar-refractivity contribution < 1.29 is 34.8 Å². The standard InChI is InChI=1S/C35H53N3O7/c1-17(30(44)45)13-22(39)19(16-38-31(36)37)18-9-7-8-10-20-29(43)28-27(35(6)26(42)14-21(18)34(20,35)5)23(40)15-24-32(2,3)25(41)11-12-33(24,28)4/h13,18-24,26,39-40,42H,7-12,14-16H2,1-6H3,(H,44,45)(H4,36,37,38). The van der Waals surface area contributed by atoms with E-state index < -0.39 is 57.8 Å². The van der Waals surface area contributed by atoms with E-state index in [1.165, 1.54) is 13.0 Å². The van der Waals surface area contributed by atoms with E-state index in [1.54, 1.807) is 0 Å². The summed E-state index contributed by atoms with van der Waals surface area (Å²) < 4.78 is 0. The number of allylic oxidation sites excluding steroid dienone is 1. The maximum Gasteiger partial charge on any atom is 0.331 e. The van der Waals surface area contributed by atoms with Gasteiger partial charge in [0.15, 0.2) is 11.7 Å². The number of nitrogens with zero attached hydrogens (tertiary/aromatic N) is 1. The van der Waals surface area contributed by atoms with Crippen molar-refractivity contribution in [2.24, 2.45) is 67.7 Å². The van der Waals surface area contributed by atoms with Crippen LogP contribution in [0.1, 0.15) is 92.9 Å². The van der Waals surface area contributed by atoms with Crippen LogP contribution in [0.5, 0.6) is 0 Å². The summed E-state index contributed by atoms with van der Waals surface area (Å²) in [4.78, 5) is 44.1. The quantitative estimate of drug-likeness (QED) is 0.146. The number of aliphatic imine (C=N–C) groups is 1. The maximum absolute atomic E-state index is 15.1. The van der Waals surface area contributed by atoms with Crippen molar-refractivity contribution in [2.75, 3.05) is 6.54 Å². The van der Waals surface area contributed by atoms with Crippen LogP contribution in [0.2, 0.25) is 0 Å². The number of aliphatic hydroxyl groups excluding tert-OH is 3. The SMILES string of the molecule is CC(=CC(O)C(CN=C(N)N)C1CCCCC2C(=O)C3=C(C(O)CC4C(C)(C)C(=O)CCC34C)C3(C)C(O)CC1C23C)C(=O)O. The van der Waals surface area contributed by atoms with E-state index in [9.17, 15) is 30.0 Å². The minimum atomic E-state index is -1.17. The van der Waals surface area contributed by atoms with Gasteiger partial charge in [0.2, 0.25) is 0 Å². The molecule has 10 heteroatoms. The Balaban J connectivity index is 1.69. The van der Waals surface area contributed by atoms with Crippen LogP contribution in [0.3, 0.4) is 0 Å². The van der Waals surface area contributed by atoms with E-state index in [1.807, 2.05) is 20.8 Å². The van der Waals surface area contributed by atoms with Gasteiger partial charge in [-0.3, -0.25) is 14.6 Å². The van der Waals surface area contributed by atoms with E-state index >= 15 is 4.79 Å². The Morgan fingerprint density at radius 2 is 1.71 bits per heavy atom. The van der Waals surface area contributed by atoms with Crippen molar-refractivity contribution >= 4 is 23.5 Å². The number of carbonyl (C=O) groups is 3. The number of fused-ring (bicyclic) bond motifs is 3. The van der Waals surface area contributed by atoms with Crippen LogP contribution < -0.4 is 11.5 Å². The van der Waals surface area contributed by atoms with Crippen LogP contribution >= 0.6 is 0 Å². The highest BCUT2D eigenvalue weighted by Gasteiger charge is 2.73. The highest BCUT2D eigenvalue weighted by molar-refractivity contribution is 6.02. The molecule has 8 N–H and O–H groups in total. The predicted molar refractivity (Wildman–Crippen MR) is 170 cm³/mol. The Kier molecular flexibility index (Phi) is 8.49. The zero-order chi connectivity index (χ0) is 33.4. The van der Waals surface area contributed by atoms with Crippen molar-refractivity contribution in [3.05, 3.63) is 22.8 Å². The number of carbonyl (C=O) groups excluding carboxylic acids is 2. The fourth-order valence-corrected chi connectivity index (χ4v) is 11.2. The van der Waals surface area contributed by atoms with Crippen molar-refractivity contribution in [1.29, 1.82) is 0 Å². The van der Waals surface area contributed by atoms with Gasteiger partial charge in [-0.15, -0.1) is 0 Å². The lowest BCUT2D eigenvalue weighted by Gasteiger charge is -2.63. The molecule has 3 saturated carbocycles. The molecule has 0 heterocycles. The first-order chi connectivity index (χ1) is 20.8. The van der Waals surface area contributed by atoms with E-state index in [4.69, 9.17) is 11.5 Å². The number of aliphatic carboxylic acids is 1. The fourth-order valence-electron chi connectivity index (χ4n) is 11.2. The number of rotatable bonds is 6. The van der Waals surface area contributed by atoms with Crippen molar-refractivity contribution in [2.45, 2.75) is 111 Å². The molecule has 10 nitrogen and oxygen atoms in total. The average Bonchev–Trinajstić information content (AvgIpc) is 3.15. The molecule has 0 aromatic carbocycles. The van der Waals surface area contributed by atoms with Gasteiger partial charge in [-0.25, -0.2) is 4.79 Å². The lowest BCUT2D eigenvalue weighted by Crippen LogP contribution is -2.63. The van der Waals surface area contributed by atoms with Crippen LogP contribution in [0.15, 0.2) is 27.8 Å². The van der Waals surface area contributed by atoms with Crippen LogP contribution in [-0.4, -0.2) is 68.8 Å². The second kappa shape index (κ2) is 11.3. The molecule has 11 atom stereocenters. The number of nitrogens with two attached hydrogens (primary N) is 2. The summed E-state index contributed by atoms with van der Waals surface area (Å²) in [7, 11) is 0. The molecule has 0 spiro atoms. The van der Waals surface area contributed by atoms with Crippen molar-refractivity contribution in [1.82, 2.24) is 0 Å². The molecule has 5 aliphatic carbocycles. The molecule has 250 valence electrons. The van der Waals surface area contributed by atoms with Gasteiger partial charge in [-0.1, -0.05) is 47.5 Å². The highest BCUT2D eigenvalue weighted by atomic mass is 16.4. The molecule has 0 radical (unpaired) electrons. The largest absolute Gasteiger partial charge is 0.478 e. The van der Waals surface area contributed by atoms with Crippen LogP contribution in [0, 0.1) is 51.2 Å². The fraction of sp³-hybridized carbons (Fsp3) is 0.771. The lowest BCUT2D eigenvalue weighted by atomic mass is 9.39. The summed E-state index contributed by atoms with van der Waals surface area (Å²) in [6, 6.07) is 0. The molecule has 0 bridgehead atoms. The maximum atomic E-state index is 15.1. The highest BCUT2D eigenvalue weighted by Crippen LogP contribution is 2.74. The van der Waals surface area contributed by atoms with Gasteiger partial charge in [-0.05, 0) is 73.8 Å².